The summed E-state index contributed by atoms with van der Waals surface area (Å²) in [4.78, 5) is 4.77. The van der Waals surface area contributed by atoms with Crippen molar-refractivity contribution in [3.63, 3.8) is 0 Å². The van der Waals surface area contributed by atoms with Gasteiger partial charge in [0.1, 0.15) is 5.01 Å². The Labute approximate surface area is 121 Å². The zero-order valence-corrected chi connectivity index (χ0v) is 13.7. The van der Waals surface area contributed by atoms with Crippen LogP contribution in [0.2, 0.25) is 0 Å². The largest absolute Gasteiger partial charge is 0.241 e. The maximum Gasteiger partial charge on any atom is 0.123 e. The lowest BCUT2D eigenvalue weighted by Crippen LogP contribution is -1.91. The van der Waals surface area contributed by atoms with E-state index in [1.165, 1.54) is 26.9 Å². The van der Waals surface area contributed by atoms with Crippen molar-refractivity contribution in [2.45, 2.75) is 40.0 Å². The first-order chi connectivity index (χ1) is 8.52. The van der Waals surface area contributed by atoms with Gasteiger partial charge in [0, 0.05) is 15.4 Å². The molecular formula is C15H18BrNS. The molecule has 2 aromatic rings. The van der Waals surface area contributed by atoms with Crippen LogP contribution in [0.5, 0.6) is 0 Å². The number of thiazole rings is 1. The standard InChI is InChI=1S/C15H18BrNS/c1-5-9(2)13-8-18-15(17-13)12-6-10(3)14(16)11(4)7-12/h6-9H,5H2,1-4H3. The summed E-state index contributed by atoms with van der Waals surface area (Å²) >= 11 is 5.35. The van der Waals surface area contributed by atoms with E-state index in [1.807, 2.05) is 0 Å². The van der Waals surface area contributed by atoms with E-state index in [0.29, 0.717) is 5.92 Å². The first-order valence-corrected chi connectivity index (χ1v) is 7.92. The van der Waals surface area contributed by atoms with Gasteiger partial charge in [-0.1, -0.05) is 29.8 Å². The molecule has 0 aliphatic carbocycles. The quantitative estimate of drug-likeness (QED) is 0.705. The Morgan fingerprint density at radius 1 is 1.28 bits per heavy atom. The second-order valence-corrected chi connectivity index (χ2v) is 6.46. The van der Waals surface area contributed by atoms with Crippen LogP contribution in [0.15, 0.2) is 22.0 Å². The topological polar surface area (TPSA) is 12.9 Å². The summed E-state index contributed by atoms with van der Waals surface area (Å²) < 4.78 is 1.20. The Balaban J connectivity index is 2.40. The number of benzene rings is 1. The molecule has 0 radical (unpaired) electrons. The maximum absolute atomic E-state index is 4.77. The third-order valence-corrected chi connectivity index (χ3v) is 5.48. The molecule has 1 aromatic heterocycles. The van der Waals surface area contributed by atoms with Gasteiger partial charge >= 0.3 is 0 Å². The van der Waals surface area contributed by atoms with Crippen LogP contribution in [-0.4, -0.2) is 4.98 Å². The normalized spacial score (nSPS) is 12.7. The Bertz CT molecular complexity index is 536. The highest BCUT2D eigenvalue weighted by Crippen LogP contribution is 2.32. The molecule has 1 unspecified atom stereocenters. The predicted molar refractivity (Wildman–Crippen MR) is 83.4 cm³/mol. The summed E-state index contributed by atoms with van der Waals surface area (Å²) in [6.45, 7) is 8.70. The molecule has 0 aliphatic rings. The molecule has 0 fully saturated rings. The first-order valence-electron chi connectivity index (χ1n) is 6.25. The van der Waals surface area contributed by atoms with E-state index in [1.54, 1.807) is 11.3 Å². The summed E-state index contributed by atoms with van der Waals surface area (Å²) in [5.74, 6) is 0.549. The Morgan fingerprint density at radius 2 is 1.89 bits per heavy atom. The highest BCUT2D eigenvalue weighted by atomic mass is 79.9. The van der Waals surface area contributed by atoms with E-state index in [0.717, 1.165) is 11.4 Å². The second kappa shape index (κ2) is 5.54. The van der Waals surface area contributed by atoms with E-state index in [4.69, 9.17) is 4.98 Å². The molecule has 3 heteroatoms. The van der Waals surface area contributed by atoms with Gasteiger partial charge in [0.05, 0.1) is 5.69 Å². The molecule has 1 aromatic carbocycles. The third-order valence-electron chi connectivity index (χ3n) is 3.32. The van der Waals surface area contributed by atoms with E-state index < -0.39 is 0 Å². The lowest BCUT2D eigenvalue weighted by atomic mass is 10.1. The van der Waals surface area contributed by atoms with Gasteiger partial charge in [-0.05, 0) is 49.4 Å². The SMILES string of the molecule is CCC(C)c1csc(-c2cc(C)c(Br)c(C)c2)n1. The predicted octanol–water partition coefficient (Wildman–Crippen LogP) is 5.70. The van der Waals surface area contributed by atoms with Crippen LogP contribution in [0.4, 0.5) is 0 Å². The minimum atomic E-state index is 0.549. The van der Waals surface area contributed by atoms with Gasteiger partial charge in [-0.25, -0.2) is 4.98 Å². The van der Waals surface area contributed by atoms with Gasteiger partial charge in [0.25, 0.3) is 0 Å². The number of rotatable bonds is 3. The van der Waals surface area contributed by atoms with Crippen LogP contribution in [0.1, 0.15) is 43.0 Å². The molecule has 18 heavy (non-hydrogen) atoms. The molecule has 1 nitrogen and oxygen atoms in total. The van der Waals surface area contributed by atoms with E-state index >= 15 is 0 Å². The van der Waals surface area contributed by atoms with Crippen LogP contribution in [-0.2, 0) is 0 Å². The average molecular weight is 324 g/mol. The van der Waals surface area contributed by atoms with Crippen LogP contribution in [0.25, 0.3) is 10.6 Å². The fourth-order valence-electron chi connectivity index (χ4n) is 1.92. The third kappa shape index (κ3) is 2.67. The Morgan fingerprint density at radius 3 is 2.44 bits per heavy atom. The van der Waals surface area contributed by atoms with Gasteiger partial charge in [-0.2, -0.15) is 0 Å². The molecule has 96 valence electrons. The Hall–Kier alpha value is -0.670. The van der Waals surface area contributed by atoms with Crippen molar-refractivity contribution in [3.05, 3.63) is 38.8 Å². The fourth-order valence-corrected chi connectivity index (χ4v) is 3.08. The Kier molecular flexibility index (Phi) is 4.23. The van der Waals surface area contributed by atoms with Crippen molar-refractivity contribution in [1.29, 1.82) is 0 Å². The number of hydrogen-bond acceptors (Lipinski definition) is 2. The number of halogens is 1. The molecule has 0 spiro atoms. The number of aromatic nitrogens is 1. The maximum atomic E-state index is 4.77. The summed E-state index contributed by atoms with van der Waals surface area (Å²) in [5.41, 5.74) is 4.99. The summed E-state index contributed by atoms with van der Waals surface area (Å²) in [6, 6.07) is 4.41. The van der Waals surface area contributed by atoms with Gasteiger partial charge in [-0.3, -0.25) is 0 Å². The zero-order chi connectivity index (χ0) is 13.3. The molecule has 0 bridgehead atoms. The van der Waals surface area contributed by atoms with Crippen molar-refractivity contribution < 1.29 is 0 Å². The summed E-state index contributed by atoms with van der Waals surface area (Å²) in [5, 5.41) is 3.32. The fraction of sp³-hybridized carbons (Fsp3) is 0.400. The van der Waals surface area contributed by atoms with Gasteiger partial charge in [0.15, 0.2) is 0 Å². The molecule has 2 rings (SSSR count). The highest BCUT2D eigenvalue weighted by molar-refractivity contribution is 9.10. The van der Waals surface area contributed by atoms with Crippen molar-refractivity contribution >= 4 is 27.3 Å². The average Bonchev–Trinajstić information content (AvgIpc) is 2.84. The zero-order valence-electron chi connectivity index (χ0n) is 11.2. The minimum absolute atomic E-state index is 0.549. The van der Waals surface area contributed by atoms with Crippen molar-refractivity contribution in [2.75, 3.05) is 0 Å². The van der Waals surface area contributed by atoms with Crippen molar-refractivity contribution in [1.82, 2.24) is 4.98 Å². The van der Waals surface area contributed by atoms with E-state index in [9.17, 15) is 0 Å². The molecule has 1 atom stereocenters. The molecule has 1 heterocycles. The van der Waals surface area contributed by atoms with E-state index in [2.05, 4.69) is 61.1 Å². The highest BCUT2D eigenvalue weighted by Gasteiger charge is 2.11. The molecular weight excluding hydrogens is 306 g/mol. The molecule has 0 N–H and O–H groups in total. The van der Waals surface area contributed by atoms with Crippen molar-refractivity contribution in [3.8, 4) is 10.6 Å². The van der Waals surface area contributed by atoms with Crippen LogP contribution < -0.4 is 0 Å². The molecule has 0 saturated heterocycles. The van der Waals surface area contributed by atoms with Gasteiger partial charge in [-0.15, -0.1) is 11.3 Å². The smallest absolute Gasteiger partial charge is 0.123 e. The van der Waals surface area contributed by atoms with Gasteiger partial charge < -0.3 is 0 Å². The monoisotopic (exact) mass is 323 g/mol. The first kappa shape index (κ1) is 13.8. The molecule has 0 amide bonds. The lowest BCUT2D eigenvalue weighted by molar-refractivity contribution is 0.714. The molecule has 0 aliphatic heterocycles. The van der Waals surface area contributed by atoms with Crippen LogP contribution in [0, 0.1) is 13.8 Å². The number of hydrogen-bond donors (Lipinski definition) is 0. The summed E-state index contributed by atoms with van der Waals surface area (Å²) in [7, 11) is 0. The lowest BCUT2D eigenvalue weighted by Gasteiger charge is -2.06. The molecule has 0 saturated carbocycles. The van der Waals surface area contributed by atoms with Crippen LogP contribution in [0.3, 0.4) is 0 Å². The number of aryl methyl sites for hydroxylation is 2. The minimum Gasteiger partial charge on any atom is -0.241 e. The second-order valence-electron chi connectivity index (χ2n) is 4.81. The van der Waals surface area contributed by atoms with E-state index in [-0.39, 0.29) is 0 Å². The number of nitrogens with zero attached hydrogens (tertiary/aromatic N) is 1. The van der Waals surface area contributed by atoms with Crippen molar-refractivity contribution in [2.24, 2.45) is 0 Å². The van der Waals surface area contributed by atoms with Gasteiger partial charge in [0.2, 0.25) is 0 Å². The summed E-state index contributed by atoms with van der Waals surface area (Å²) in [6.07, 6.45) is 1.14. The van der Waals surface area contributed by atoms with Crippen LogP contribution >= 0.6 is 27.3 Å².